The number of hydrogen-bond acceptors (Lipinski definition) is 3. The van der Waals surface area contributed by atoms with E-state index in [0.717, 1.165) is 43.6 Å². The highest BCUT2D eigenvalue weighted by atomic mass is 16.5. The van der Waals surface area contributed by atoms with Crippen molar-refractivity contribution in [3.8, 4) is 18.1 Å². The van der Waals surface area contributed by atoms with Crippen LogP contribution >= 0.6 is 0 Å². The molecule has 0 saturated heterocycles. The van der Waals surface area contributed by atoms with Crippen LogP contribution in [0.25, 0.3) is 0 Å². The van der Waals surface area contributed by atoms with Crippen LogP contribution in [0.1, 0.15) is 37.7 Å². The van der Waals surface area contributed by atoms with Crippen molar-refractivity contribution in [2.45, 2.75) is 44.8 Å². The smallest absolute Gasteiger partial charge is 0.133 e. The largest absolute Gasteiger partial charge is 0.497 e. The molecule has 0 unspecified atom stereocenters. The van der Waals surface area contributed by atoms with E-state index in [0.29, 0.717) is 6.61 Å². The average molecular weight is 302 g/mol. The van der Waals surface area contributed by atoms with E-state index in [4.69, 9.17) is 21.0 Å². The van der Waals surface area contributed by atoms with E-state index < -0.39 is 6.10 Å². The van der Waals surface area contributed by atoms with Gasteiger partial charge in [0.25, 0.3) is 0 Å². The molecule has 1 N–H and O–H groups in total. The number of allylic oxidation sites excluding steroid dienone is 1. The van der Waals surface area contributed by atoms with Crippen molar-refractivity contribution in [1.29, 1.82) is 0 Å². The van der Waals surface area contributed by atoms with Crippen molar-refractivity contribution >= 4 is 0 Å². The van der Waals surface area contributed by atoms with E-state index in [1.807, 2.05) is 30.3 Å². The summed E-state index contributed by atoms with van der Waals surface area (Å²) in [6.45, 7) is 1.44. The molecule has 1 atom stereocenters. The van der Waals surface area contributed by atoms with Gasteiger partial charge >= 0.3 is 0 Å². The number of aliphatic hydroxyl groups excluding tert-OH is 1. The summed E-state index contributed by atoms with van der Waals surface area (Å²) in [5, 5.41) is 9.13. The lowest BCUT2D eigenvalue weighted by Gasteiger charge is -2.05. The van der Waals surface area contributed by atoms with E-state index in [2.05, 4.69) is 5.92 Å². The van der Waals surface area contributed by atoms with Gasteiger partial charge in [0.2, 0.25) is 0 Å². The Morgan fingerprint density at radius 3 is 2.59 bits per heavy atom. The molecule has 0 heterocycles. The topological polar surface area (TPSA) is 38.7 Å². The van der Waals surface area contributed by atoms with E-state index in [9.17, 15) is 0 Å². The van der Waals surface area contributed by atoms with E-state index >= 15 is 0 Å². The number of aliphatic hydroxyl groups is 1. The Hall–Kier alpha value is -1.76. The Bertz CT molecular complexity index is 457. The minimum Gasteiger partial charge on any atom is -0.497 e. The van der Waals surface area contributed by atoms with Crippen LogP contribution in [0.5, 0.6) is 5.75 Å². The lowest BCUT2D eigenvalue weighted by atomic mass is 10.1. The Morgan fingerprint density at radius 2 is 1.91 bits per heavy atom. The van der Waals surface area contributed by atoms with E-state index in [1.54, 1.807) is 13.2 Å². The number of methoxy groups -OCH3 is 1. The van der Waals surface area contributed by atoms with Crippen molar-refractivity contribution in [2.24, 2.45) is 0 Å². The second-order valence-corrected chi connectivity index (χ2v) is 5.14. The number of rotatable bonds is 11. The fourth-order valence-corrected chi connectivity index (χ4v) is 2.01. The molecule has 0 spiro atoms. The Kier molecular flexibility index (Phi) is 9.85. The predicted molar refractivity (Wildman–Crippen MR) is 89.7 cm³/mol. The molecule has 3 heteroatoms. The standard InChI is InChI=1S/C19H26O3/c1-3-18(20)10-8-6-4-5-7-9-15-22-16-17-11-13-19(21-2)14-12-17/h1,8,10-14,18,20H,4-7,9,15-16H2,2H3/b10-8+/t18-/m1/s1. The highest BCUT2D eigenvalue weighted by Crippen LogP contribution is 2.12. The van der Waals surface area contributed by atoms with Gasteiger partial charge in [-0.15, -0.1) is 6.42 Å². The molecule has 22 heavy (non-hydrogen) atoms. The van der Waals surface area contributed by atoms with Gasteiger partial charge in [-0.3, -0.25) is 0 Å². The van der Waals surface area contributed by atoms with Crippen LogP contribution in [-0.2, 0) is 11.3 Å². The molecule has 0 aliphatic heterocycles. The Balaban J connectivity index is 1.95. The molecule has 1 rings (SSSR count). The first kappa shape index (κ1) is 18.3. The summed E-state index contributed by atoms with van der Waals surface area (Å²) in [6.07, 6.45) is 13.4. The fourth-order valence-electron chi connectivity index (χ4n) is 2.01. The number of hydrogen-bond donors (Lipinski definition) is 1. The monoisotopic (exact) mass is 302 g/mol. The minimum absolute atomic E-state index is 0.650. The summed E-state index contributed by atoms with van der Waals surface area (Å²) in [6, 6.07) is 7.94. The van der Waals surface area contributed by atoms with Gasteiger partial charge in [-0.1, -0.05) is 37.0 Å². The predicted octanol–water partition coefficient (Wildman–Crippen LogP) is 3.71. The summed E-state index contributed by atoms with van der Waals surface area (Å²) in [5.41, 5.74) is 1.16. The summed E-state index contributed by atoms with van der Waals surface area (Å²) < 4.78 is 10.8. The molecule has 0 fully saturated rings. The third-order valence-electron chi connectivity index (χ3n) is 3.33. The van der Waals surface area contributed by atoms with Crippen molar-refractivity contribution in [3.05, 3.63) is 42.0 Å². The van der Waals surface area contributed by atoms with Crippen LogP contribution in [-0.4, -0.2) is 24.9 Å². The molecule has 0 bridgehead atoms. The molecule has 1 aromatic rings. The molecule has 0 aliphatic rings. The van der Waals surface area contributed by atoms with E-state index in [1.165, 1.54) is 6.42 Å². The average Bonchev–Trinajstić information content (AvgIpc) is 2.56. The quantitative estimate of drug-likeness (QED) is 0.385. The van der Waals surface area contributed by atoms with Gasteiger partial charge in [-0.25, -0.2) is 0 Å². The summed E-state index contributed by atoms with van der Waals surface area (Å²) >= 11 is 0. The van der Waals surface area contributed by atoms with Crippen molar-refractivity contribution < 1.29 is 14.6 Å². The molecule has 1 aromatic carbocycles. The second-order valence-electron chi connectivity index (χ2n) is 5.14. The van der Waals surface area contributed by atoms with Gasteiger partial charge in [-0.2, -0.15) is 0 Å². The maximum absolute atomic E-state index is 9.13. The van der Waals surface area contributed by atoms with Gasteiger partial charge in [0.05, 0.1) is 13.7 Å². The molecule has 120 valence electrons. The first-order chi connectivity index (χ1) is 10.8. The normalized spacial score (nSPS) is 12.2. The molecule has 0 radical (unpaired) electrons. The summed E-state index contributed by atoms with van der Waals surface area (Å²) in [4.78, 5) is 0. The fraction of sp³-hybridized carbons (Fsp3) is 0.474. The first-order valence-electron chi connectivity index (χ1n) is 7.78. The van der Waals surface area contributed by atoms with Crippen molar-refractivity contribution in [1.82, 2.24) is 0 Å². The van der Waals surface area contributed by atoms with Crippen molar-refractivity contribution in [3.63, 3.8) is 0 Å². The van der Waals surface area contributed by atoms with Crippen LogP contribution in [0.3, 0.4) is 0 Å². The van der Waals surface area contributed by atoms with E-state index in [-0.39, 0.29) is 0 Å². The lowest BCUT2D eigenvalue weighted by molar-refractivity contribution is 0.116. The summed E-state index contributed by atoms with van der Waals surface area (Å²) in [7, 11) is 1.67. The molecular weight excluding hydrogens is 276 g/mol. The zero-order valence-electron chi connectivity index (χ0n) is 13.3. The third-order valence-corrected chi connectivity index (χ3v) is 3.33. The molecule has 0 aromatic heterocycles. The van der Waals surface area contributed by atoms with Gasteiger partial charge in [-0.05, 0) is 43.0 Å². The molecular formula is C19H26O3. The Morgan fingerprint density at radius 1 is 1.18 bits per heavy atom. The van der Waals surface area contributed by atoms with Gasteiger partial charge in [0.15, 0.2) is 0 Å². The zero-order valence-corrected chi connectivity index (χ0v) is 13.3. The maximum atomic E-state index is 9.13. The number of benzene rings is 1. The van der Waals surface area contributed by atoms with Gasteiger partial charge in [0.1, 0.15) is 11.9 Å². The molecule has 0 aliphatic carbocycles. The van der Waals surface area contributed by atoms with Gasteiger partial charge < -0.3 is 14.6 Å². The number of terminal acetylenes is 1. The van der Waals surface area contributed by atoms with Crippen LogP contribution in [0, 0.1) is 12.3 Å². The highest BCUT2D eigenvalue weighted by Gasteiger charge is 1.95. The third kappa shape index (κ3) is 8.51. The minimum atomic E-state index is -0.744. The van der Waals surface area contributed by atoms with Gasteiger partial charge in [0, 0.05) is 6.61 Å². The van der Waals surface area contributed by atoms with Crippen LogP contribution in [0.2, 0.25) is 0 Å². The Labute approximate surface area is 134 Å². The lowest BCUT2D eigenvalue weighted by Crippen LogP contribution is -1.96. The van der Waals surface area contributed by atoms with Crippen LogP contribution < -0.4 is 4.74 Å². The molecule has 0 saturated carbocycles. The number of ether oxygens (including phenoxy) is 2. The maximum Gasteiger partial charge on any atom is 0.133 e. The SMILES string of the molecule is C#C[C@@H](O)/C=C/CCCCCCOCc1ccc(OC)cc1. The van der Waals surface area contributed by atoms with Crippen LogP contribution in [0.15, 0.2) is 36.4 Å². The zero-order chi connectivity index (χ0) is 16.0. The number of unbranched alkanes of at least 4 members (excludes halogenated alkanes) is 4. The highest BCUT2D eigenvalue weighted by molar-refractivity contribution is 5.26. The van der Waals surface area contributed by atoms with Crippen LogP contribution in [0.4, 0.5) is 0 Å². The molecule has 3 nitrogen and oxygen atoms in total. The second kappa shape index (κ2) is 11.9. The summed E-state index contributed by atoms with van der Waals surface area (Å²) in [5.74, 6) is 3.12. The first-order valence-corrected chi connectivity index (χ1v) is 7.78. The van der Waals surface area contributed by atoms with Crippen molar-refractivity contribution in [2.75, 3.05) is 13.7 Å². The molecule has 0 amide bonds.